The van der Waals surface area contributed by atoms with Crippen LogP contribution in [-0.2, 0) is 6.54 Å². The molecule has 0 spiro atoms. The van der Waals surface area contributed by atoms with Gasteiger partial charge in [0, 0.05) is 19.0 Å². The lowest BCUT2D eigenvalue weighted by Crippen LogP contribution is -2.38. The fourth-order valence-corrected chi connectivity index (χ4v) is 2.47. The highest BCUT2D eigenvalue weighted by Gasteiger charge is 2.40. The van der Waals surface area contributed by atoms with Gasteiger partial charge in [-0.05, 0) is 36.2 Å². The van der Waals surface area contributed by atoms with Crippen LogP contribution < -0.4 is 10.6 Å². The zero-order valence-corrected chi connectivity index (χ0v) is 15.2. The number of aliphatic imine (C=N–C) groups is 1. The predicted octanol–water partition coefficient (Wildman–Crippen LogP) is 3.54. The lowest BCUT2D eigenvalue weighted by atomic mass is 10.1. The lowest BCUT2D eigenvalue weighted by Gasteiger charge is -2.11. The van der Waals surface area contributed by atoms with E-state index < -0.39 is 17.5 Å². The summed E-state index contributed by atoms with van der Waals surface area (Å²) < 4.78 is 44.8. The Kier molecular flexibility index (Phi) is 6.14. The van der Waals surface area contributed by atoms with Crippen LogP contribution in [0.1, 0.15) is 23.7 Å². The topological polar surface area (TPSA) is 49.6 Å². The van der Waals surface area contributed by atoms with Crippen molar-refractivity contribution in [1.29, 1.82) is 0 Å². The third-order valence-electron chi connectivity index (χ3n) is 3.78. The number of nitrogens with zero attached hydrogens (tertiary/aromatic N) is 1. The van der Waals surface area contributed by atoms with Crippen LogP contribution >= 0.6 is 24.0 Å². The van der Waals surface area contributed by atoms with Crippen molar-refractivity contribution < 1.29 is 17.6 Å². The molecule has 1 fully saturated rings. The maximum absolute atomic E-state index is 13.3. The molecule has 0 aliphatic heterocycles. The van der Waals surface area contributed by atoms with Crippen LogP contribution in [0.4, 0.5) is 13.2 Å². The summed E-state index contributed by atoms with van der Waals surface area (Å²) in [5.74, 6) is -2.49. The minimum absolute atomic E-state index is 0. The average Bonchev–Trinajstić information content (AvgIpc) is 3.10. The summed E-state index contributed by atoms with van der Waals surface area (Å²) >= 11 is 0. The Morgan fingerprint density at radius 1 is 1.29 bits per heavy atom. The van der Waals surface area contributed by atoms with E-state index in [2.05, 4.69) is 15.6 Å². The molecule has 1 aliphatic rings. The molecule has 2 aromatic rings. The Balaban J connectivity index is 0.00000208. The molecule has 0 amide bonds. The molecule has 1 saturated carbocycles. The van der Waals surface area contributed by atoms with E-state index in [-0.39, 0.29) is 35.9 Å². The molecular weight excluding hydrogens is 434 g/mol. The Labute approximate surface area is 154 Å². The van der Waals surface area contributed by atoms with E-state index in [9.17, 15) is 13.2 Å². The van der Waals surface area contributed by atoms with Gasteiger partial charge in [0.2, 0.25) is 0 Å². The van der Waals surface area contributed by atoms with Gasteiger partial charge in [-0.1, -0.05) is 0 Å². The molecule has 0 radical (unpaired) electrons. The first-order chi connectivity index (χ1) is 11.1. The Morgan fingerprint density at radius 2 is 2.00 bits per heavy atom. The Morgan fingerprint density at radius 3 is 2.58 bits per heavy atom. The predicted molar refractivity (Wildman–Crippen MR) is 94.9 cm³/mol. The number of rotatable bonds is 4. The van der Waals surface area contributed by atoms with Crippen molar-refractivity contribution in [3.8, 4) is 0 Å². The number of hydrogen-bond donors (Lipinski definition) is 2. The summed E-state index contributed by atoms with van der Waals surface area (Å²) in [5.41, 5.74) is 0.445. The number of guanidine groups is 1. The third-order valence-corrected chi connectivity index (χ3v) is 3.78. The summed E-state index contributed by atoms with van der Waals surface area (Å²) in [6.45, 7) is 0.476. The normalized spacial score (nSPS) is 19.6. The molecule has 24 heavy (non-hydrogen) atoms. The number of hydrogen-bond acceptors (Lipinski definition) is 2. The molecule has 130 valence electrons. The average molecular weight is 451 g/mol. The second-order valence-electron chi connectivity index (χ2n) is 5.40. The van der Waals surface area contributed by atoms with Gasteiger partial charge in [-0.25, -0.2) is 13.2 Å². The van der Waals surface area contributed by atoms with Crippen molar-refractivity contribution >= 4 is 29.9 Å². The molecule has 0 saturated heterocycles. The maximum Gasteiger partial charge on any atom is 0.194 e. The van der Waals surface area contributed by atoms with Crippen LogP contribution in [0.5, 0.6) is 0 Å². The molecule has 0 unspecified atom stereocenters. The number of halogens is 4. The monoisotopic (exact) mass is 451 g/mol. The first kappa shape index (κ1) is 18.6. The summed E-state index contributed by atoms with van der Waals surface area (Å²) in [5, 5.41) is 6.25. The first-order valence-corrected chi connectivity index (χ1v) is 7.22. The minimum atomic E-state index is -1.44. The fourth-order valence-electron chi connectivity index (χ4n) is 2.47. The highest BCUT2D eigenvalue weighted by molar-refractivity contribution is 14.0. The van der Waals surface area contributed by atoms with Crippen LogP contribution in [0.25, 0.3) is 0 Å². The van der Waals surface area contributed by atoms with E-state index in [1.165, 1.54) is 0 Å². The van der Waals surface area contributed by atoms with Gasteiger partial charge in [-0.2, -0.15) is 0 Å². The molecule has 1 aliphatic carbocycles. The van der Waals surface area contributed by atoms with Crippen LogP contribution in [0.2, 0.25) is 0 Å². The molecule has 3 rings (SSSR count). The van der Waals surface area contributed by atoms with Crippen molar-refractivity contribution in [3.05, 3.63) is 59.3 Å². The summed E-state index contributed by atoms with van der Waals surface area (Å²) in [7, 11) is 1.63. The van der Waals surface area contributed by atoms with Gasteiger partial charge in [0.05, 0.1) is 12.8 Å². The van der Waals surface area contributed by atoms with Crippen molar-refractivity contribution in [1.82, 2.24) is 10.6 Å². The van der Waals surface area contributed by atoms with Crippen LogP contribution in [0, 0.1) is 17.5 Å². The van der Waals surface area contributed by atoms with Gasteiger partial charge in [0.1, 0.15) is 5.76 Å². The lowest BCUT2D eigenvalue weighted by molar-refractivity contribution is 0.445. The van der Waals surface area contributed by atoms with E-state index in [0.29, 0.717) is 24.5 Å². The van der Waals surface area contributed by atoms with Gasteiger partial charge in [-0.15, -0.1) is 24.0 Å². The highest BCUT2D eigenvalue weighted by Crippen LogP contribution is 2.41. The molecule has 1 aromatic carbocycles. The summed E-state index contributed by atoms with van der Waals surface area (Å²) in [6, 6.07) is 5.72. The van der Waals surface area contributed by atoms with E-state index in [0.717, 1.165) is 17.9 Å². The molecule has 4 nitrogen and oxygen atoms in total. The van der Waals surface area contributed by atoms with Gasteiger partial charge >= 0.3 is 0 Å². The molecule has 2 atom stereocenters. The van der Waals surface area contributed by atoms with Gasteiger partial charge < -0.3 is 15.1 Å². The van der Waals surface area contributed by atoms with Crippen molar-refractivity contribution in [2.24, 2.45) is 4.99 Å². The van der Waals surface area contributed by atoms with Gasteiger partial charge in [0.25, 0.3) is 0 Å². The van der Waals surface area contributed by atoms with E-state index in [1.54, 1.807) is 19.4 Å². The van der Waals surface area contributed by atoms with Crippen molar-refractivity contribution in [2.75, 3.05) is 7.05 Å². The summed E-state index contributed by atoms with van der Waals surface area (Å²) in [4.78, 5) is 4.09. The fraction of sp³-hybridized carbons (Fsp3) is 0.312. The number of furan rings is 1. The minimum Gasteiger partial charge on any atom is -0.467 e. The van der Waals surface area contributed by atoms with Gasteiger partial charge in [0.15, 0.2) is 23.4 Å². The molecular formula is C16H17F3IN3O. The van der Waals surface area contributed by atoms with Crippen molar-refractivity contribution in [3.63, 3.8) is 0 Å². The molecule has 0 bridgehead atoms. The first-order valence-electron chi connectivity index (χ1n) is 7.22. The Hall–Kier alpha value is -1.71. The van der Waals surface area contributed by atoms with Crippen LogP contribution in [0.3, 0.4) is 0 Å². The van der Waals surface area contributed by atoms with E-state index >= 15 is 0 Å². The smallest absolute Gasteiger partial charge is 0.194 e. The molecule has 1 heterocycles. The largest absolute Gasteiger partial charge is 0.467 e. The summed E-state index contributed by atoms with van der Waals surface area (Å²) in [6.07, 6.45) is 2.29. The van der Waals surface area contributed by atoms with Crippen LogP contribution in [-0.4, -0.2) is 19.0 Å². The molecule has 2 N–H and O–H groups in total. The number of nitrogens with one attached hydrogen (secondary N) is 2. The molecule has 1 aromatic heterocycles. The van der Waals surface area contributed by atoms with Crippen LogP contribution in [0.15, 0.2) is 39.9 Å². The standard InChI is InChI=1S/C16H16F3N3O.HI/c1-20-16(21-8-10-3-2-4-23-10)22-14-7-11(14)9-5-12(17)15(19)13(18)6-9;/h2-6,11,14H,7-8H2,1H3,(H2,20,21,22);1H/t11-,14+;/m0./s1. The van der Waals surface area contributed by atoms with Crippen molar-refractivity contribution in [2.45, 2.75) is 24.9 Å². The SMILES string of the molecule is CN=C(NCc1ccco1)N[C@@H]1C[C@H]1c1cc(F)c(F)c(F)c1.I. The van der Waals surface area contributed by atoms with E-state index in [4.69, 9.17) is 4.42 Å². The second-order valence-corrected chi connectivity index (χ2v) is 5.40. The number of benzene rings is 1. The quantitative estimate of drug-likeness (QED) is 0.324. The van der Waals surface area contributed by atoms with Gasteiger partial charge in [-0.3, -0.25) is 4.99 Å². The third kappa shape index (κ3) is 4.22. The zero-order valence-electron chi connectivity index (χ0n) is 12.9. The maximum atomic E-state index is 13.3. The van der Waals surface area contributed by atoms with E-state index in [1.807, 2.05) is 6.07 Å². The zero-order chi connectivity index (χ0) is 16.4. The second kappa shape index (κ2) is 7.91. The highest BCUT2D eigenvalue weighted by atomic mass is 127. The Bertz CT molecular complexity index is 698. The molecule has 8 heteroatoms.